The second-order valence-electron chi connectivity index (χ2n) is 5.76. The van der Waals surface area contributed by atoms with E-state index in [0.29, 0.717) is 12.2 Å². The predicted molar refractivity (Wildman–Crippen MR) is 76.5 cm³/mol. The monoisotopic (exact) mass is 274 g/mol. The number of hydrogen-bond acceptors (Lipinski definition) is 4. The summed E-state index contributed by atoms with van der Waals surface area (Å²) in [6, 6.07) is 5.78. The van der Waals surface area contributed by atoms with Crippen LogP contribution in [0.15, 0.2) is 24.4 Å². The molecule has 0 radical (unpaired) electrons. The Bertz CT molecular complexity index is 449. The summed E-state index contributed by atoms with van der Waals surface area (Å²) < 4.78 is 5.44. The van der Waals surface area contributed by atoms with Crippen LogP contribution in [0, 0.1) is 0 Å². The minimum atomic E-state index is -0.249. The minimum Gasteiger partial charge on any atom is -0.379 e. The highest BCUT2D eigenvalue weighted by atomic mass is 16.5. The molecular formula is C16H22N2O2. The predicted octanol–water partition coefficient (Wildman–Crippen LogP) is 1.84. The van der Waals surface area contributed by atoms with Crippen LogP contribution < -0.4 is 0 Å². The molecule has 1 saturated heterocycles. The maximum Gasteiger partial charge on any atom is 0.159 e. The van der Waals surface area contributed by atoms with E-state index in [0.717, 1.165) is 57.7 Å². The van der Waals surface area contributed by atoms with E-state index >= 15 is 0 Å². The summed E-state index contributed by atoms with van der Waals surface area (Å²) in [5, 5.41) is 0. The summed E-state index contributed by atoms with van der Waals surface area (Å²) in [5.74, 6) is 0.343. The van der Waals surface area contributed by atoms with Crippen LogP contribution >= 0.6 is 0 Å². The highest BCUT2D eigenvalue weighted by molar-refractivity contribution is 5.90. The molecule has 0 bridgehead atoms. The van der Waals surface area contributed by atoms with Crippen molar-refractivity contribution in [1.82, 2.24) is 9.88 Å². The third-order valence-corrected chi connectivity index (χ3v) is 4.63. The molecule has 0 aromatic carbocycles. The molecule has 1 saturated carbocycles. The summed E-state index contributed by atoms with van der Waals surface area (Å²) in [5.41, 5.74) is 0.637. The second kappa shape index (κ2) is 6.02. The van der Waals surface area contributed by atoms with Crippen molar-refractivity contribution in [3.63, 3.8) is 0 Å². The lowest BCUT2D eigenvalue weighted by Crippen LogP contribution is -2.57. The molecule has 2 aliphatic rings. The van der Waals surface area contributed by atoms with Gasteiger partial charge in [-0.2, -0.15) is 0 Å². The van der Waals surface area contributed by atoms with Gasteiger partial charge in [-0.05, 0) is 25.0 Å². The van der Waals surface area contributed by atoms with Gasteiger partial charge in [0.2, 0.25) is 0 Å². The van der Waals surface area contributed by atoms with Crippen molar-refractivity contribution in [2.45, 2.75) is 37.6 Å². The molecule has 2 fully saturated rings. The summed E-state index contributed by atoms with van der Waals surface area (Å²) in [4.78, 5) is 19.6. The summed E-state index contributed by atoms with van der Waals surface area (Å²) in [6.45, 7) is 3.26. The molecule has 4 nitrogen and oxygen atoms in total. The highest BCUT2D eigenvalue weighted by Crippen LogP contribution is 2.37. The van der Waals surface area contributed by atoms with Crippen LogP contribution in [0.4, 0.5) is 0 Å². The third-order valence-electron chi connectivity index (χ3n) is 4.63. The Morgan fingerprint density at radius 3 is 2.65 bits per heavy atom. The molecule has 108 valence electrons. The maximum atomic E-state index is 12.9. The van der Waals surface area contributed by atoms with E-state index < -0.39 is 0 Å². The van der Waals surface area contributed by atoms with Crippen LogP contribution in [-0.2, 0) is 16.0 Å². The number of carbonyl (C=O) groups excluding carboxylic acids is 1. The molecule has 2 heterocycles. The number of ketones is 1. The summed E-state index contributed by atoms with van der Waals surface area (Å²) in [6.07, 6.45) is 6.53. The van der Waals surface area contributed by atoms with Gasteiger partial charge in [0.05, 0.1) is 25.2 Å². The number of aromatic nitrogens is 1. The van der Waals surface area contributed by atoms with E-state index in [2.05, 4.69) is 9.88 Å². The molecule has 4 heteroatoms. The van der Waals surface area contributed by atoms with Crippen LogP contribution in [0.1, 0.15) is 31.4 Å². The lowest BCUT2D eigenvalue weighted by Gasteiger charge is -2.42. The van der Waals surface area contributed by atoms with Crippen LogP contribution in [0.3, 0.4) is 0 Å². The van der Waals surface area contributed by atoms with Gasteiger partial charge in [0.15, 0.2) is 5.78 Å². The average molecular weight is 274 g/mol. The number of carbonyl (C=O) groups is 1. The van der Waals surface area contributed by atoms with Crippen molar-refractivity contribution in [3.8, 4) is 0 Å². The normalized spacial score (nSPS) is 22.8. The van der Waals surface area contributed by atoms with Crippen molar-refractivity contribution >= 4 is 5.78 Å². The van der Waals surface area contributed by atoms with Gasteiger partial charge >= 0.3 is 0 Å². The van der Waals surface area contributed by atoms with Gasteiger partial charge in [0, 0.05) is 25.0 Å². The fourth-order valence-electron chi connectivity index (χ4n) is 3.55. The number of morpholine rings is 1. The van der Waals surface area contributed by atoms with E-state index in [-0.39, 0.29) is 5.54 Å². The zero-order chi connectivity index (χ0) is 13.8. The molecule has 0 amide bonds. The van der Waals surface area contributed by atoms with Gasteiger partial charge in [-0.3, -0.25) is 14.7 Å². The van der Waals surface area contributed by atoms with Crippen molar-refractivity contribution in [2.75, 3.05) is 26.3 Å². The molecule has 1 aliphatic heterocycles. The Morgan fingerprint density at radius 2 is 2.00 bits per heavy atom. The first-order chi connectivity index (χ1) is 9.81. The van der Waals surface area contributed by atoms with Gasteiger partial charge in [-0.15, -0.1) is 0 Å². The van der Waals surface area contributed by atoms with Gasteiger partial charge in [-0.25, -0.2) is 0 Å². The van der Waals surface area contributed by atoms with Crippen molar-refractivity contribution in [2.24, 2.45) is 0 Å². The SMILES string of the molecule is O=C(Cc1ccccn1)C1(N2CCOCC2)CCCC1. The fraction of sp³-hybridized carbons (Fsp3) is 0.625. The molecule has 0 unspecified atom stereocenters. The van der Waals surface area contributed by atoms with Crippen LogP contribution in [0.25, 0.3) is 0 Å². The Balaban J connectivity index is 1.77. The number of hydrogen-bond donors (Lipinski definition) is 0. The van der Waals surface area contributed by atoms with Crippen molar-refractivity contribution in [1.29, 1.82) is 0 Å². The summed E-state index contributed by atoms with van der Waals surface area (Å²) >= 11 is 0. The molecule has 1 aromatic heterocycles. The standard InChI is InChI=1S/C16H22N2O2/c19-15(13-14-5-1-4-8-17-14)16(6-2-3-7-16)18-9-11-20-12-10-18/h1,4-5,8H,2-3,6-7,9-13H2. The number of Topliss-reactive ketones (excluding diaryl/α,β-unsaturated/α-hetero) is 1. The largest absolute Gasteiger partial charge is 0.379 e. The van der Waals surface area contributed by atoms with E-state index in [4.69, 9.17) is 4.74 Å². The molecule has 3 rings (SSSR count). The van der Waals surface area contributed by atoms with Crippen molar-refractivity contribution in [3.05, 3.63) is 30.1 Å². The van der Waals surface area contributed by atoms with Crippen LogP contribution in [-0.4, -0.2) is 47.5 Å². The number of pyridine rings is 1. The first kappa shape index (κ1) is 13.7. The lowest BCUT2D eigenvalue weighted by molar-refractivity contribution is -0.133. The topological polar surface area (TPSA) is 42.4 Å². The Morgan fingerprint density at radius 1 is 1.25 bits per heavy atom. The molecule has 1 aliphatic carbocycles. The van der Waals surface area contributed by atoms with Gasteiger partial charge in [0.25, 0.3) is 0 Å². The zero-order valence-electron chi connectivity index (χ0n) is 11.9. The zero-order valence-corrected chi connectivity index (χ0v) is 11.9. The van der Waals surface area contributed by atoms with E-state index in [1.807, 2.05) is 18.2 Å². The van der Waals surface area contributed by atoms with E-state index in [1.54, 1.807) is 6.20 Å². The van der Waals surface area contributed by atoms with Crippen LogP contribution in [0.2, 0.25) is 0 Å². The van der Waals surface area contributed by atoms with Gasteiger partial charge in [0.1, 0.15) is 0 Å². The number of nitrogens with zero attached hydrogens (tertiary/aromatic N) is 2. The van der Waals surface area contributed by atoms with E-state index in [9.17, 15) is 4.79 Å². The molecule has 20 heavy (non-hydrogen) atoms. The third kappa shape index (κ3) is 2.63. The first-order valence-corrected chi connectivity index (χ1v) is 7.57. The van der Waals surface area contributed by atoms with Gasteiger partial charge < -0.3 is 4.74 Å². The molecule has 0 atom stereocenters. The smallest absolute Gasteiger partial charge is 0.159 e. The molecular weight excluding hydrogens is 252 g/mol. The summed E-state index contributed by atoms with van der Waals surface area (Å²) in [7, 11) is 0. The maximum absolute atomic E-state index is 12.9. The molecule has 0 N–H and O–H groups in total. The number of ether oxygens (including phenoxy) is 1. The Kier molecular flexibility index (Phi) is 4.13. The van der Waals surface area contributed by atoms with Crippen LogP contribution in [0.5, 0.6) is 0 Å². The molecule has 1 aromatic rings. The minimum absolute atomic E-state index is 0.249. The first-order valence-electron chi connectivity index (χ1n) is 7.57. The average Bonchev–Trinajstić information content (AvgIpc) is 3.00. The Hall–Kier alpha value is -1.26. The van der Waals surface area contributed by atoms with Gasteiger partial charge in [-0.1, -0.05) is 18.9 Å². The number of rotatable bonds is 4. The fourth-order valence-corrected chi connectivity index (χ4v) is 3.55. The highest BCUT2D eigenvalue weighted by Gasteiger charge is 2.45. The lowest BCUT2D eigenvalue weighted by atomic mass is 9.86. The second-order valence-corrected chi connectivity index (χ2v) is 5.76. The van der Waals surface area contributed by atoms with Crippen molar-refractivity contribution < 1.29 is 9.53 Å². The quantitative estimate of drug-likeness (QED) is 0.840. The Labute approximate surface area is 120 Å². The van der Waals surface area contributed by atoms with E-state index in [1.165, 1.54) is 0 Å². The molecule has 0 spiro atoms.